The zero-order valence-electron chi connectivity index (χ0n) is 11.9. The summed E-state index contributed by atoms with van der Waals surface area (Å²) in [6.45, 7) is 4.47. The Morgan fingerprint density at radius 1 is 1.22 bits per heavy atom. The minimum atomic E-state index is -0.706. The van der Waals surface area contributed by atoms with Crippen molar-refractivity contribution in [1.82, 2.24) is 0 Å². The molecule has 0 aliphatic heterocycles. The molecule has 0 radical (unpaired) electrons. The summed E-state index contributed by atoms with van der Waals surface area (Å²) < 4.78 is 0. The third kappa shape index (κ3) is 2.30. The van der Waals surface area contributed by atoms with E-state index in [4.69, 9.17) is 0 Å². The molecule has 102 valence electrons. The fourth-order valence-corrected chi connectivity index (χ4v) is 4.08. The first-order valence-corrected chi connectivity index (χ1v) is 7.69. The van der Waals surface area contributed by atoms with E-state index in [0.29, 0.717) is 11.8 Å². The number of hydrogen-bond donors (Lipinski definition) is 1. The second kappa shape index (κ2) is 5.21. The first-order chi connectivity index (χ1) is 8.55. The summed E-state index contributed by atoms with van der Waals surface area (Å²) in [7, 11) is 0. The Kier molecular flexibility index (Phi) is 4.02. The van der Waals surface area contributed by atoms with Crippen molar-refractivity contribution in [3.63, 3.8) is 0 Å². The van der Waals surface area contributed by atoms with E-state index < -0.39 is 11.0 Å². The smallest absolute Gasteiger partial charge is 0.0862 e. The first kappa shape index (κ1) is 13.9. The topological polar surface area (TPSA) is 44.0 Å². The van der Waals surface area contributed by atoms with Gasteiger partial charge in [-0.15, -0.1) is 0 Å². The highest BCUT2D eigenvalue weighted by Gasteiger charge is 2.53. The lowest BCUT2D eigenvalue weighted by Gasteiger charge is -2.49. The first-order valence-electron chi connectivity index (χ1n) is 7.69. The van der Waals surface area contributed by atoms with Gasteiger partial charge >= 0.3 is 0 Å². The highest BCUT2D eigenvalue weighted by atomic mass is 16.3. The molecule has 2 unspecified atom stereocenters. The zero-order chi connectivity index (χ0) is 13.2. The van der Waals surface area contributed by atoms with Gasteiger partial charge in [-0.25, -0.2) is 0 Å². The van der Waals surface area contributed by atoms with Crippen LogP contribution in [0.5, 0.6) is 0 Å². The molecule has 0 spiro atoms. The molecule has 2 aliphatic rings. The second-order valence-electron chi connectivity index (χ2n) is 6.78. The third-order valence-corrected chi connectivity index (χ3v) is 5.64. The van der Waals surface area contributed by atoms with Gasteiger partial charge in [-0.05, 0) is 50.4 Å². The Hall–Kier alpha value is -0.550. The summed E-state index contributed by atoms with van der Waals surface area (Å²) in [5.74, 6) is 1.35. The molecular formula is C16H27NO. The number of nitrogens with zero attached hydrogens (tertiary/aromatic N) is 1. The van der Waals surface area contributed by atoms with E-state index >= 15 is 0 Å². The lowest BCUT2D eigenvalue weighted by atomic mass is 9.56. The summed E-state index contributed by atoms with van der Waals surface area (Å²) in [6, 6.07) is 2.56. The summed E-state index contributed by atoms with van der Waals surface area (Å²) >= 11 is 0. The van der Waals surface area contributed by atoms with Crippen molar-refractivity contribution in [2.45, 2.75) is 77.2 Å². The Morgan fingerprint density at radius 2 is 1.89 bits per heavy atom. The van der Waals surface area contributed by atoms with Crippen molar-refractivity contribution >= 4 is 0 Å². The van der Waals surface area contributed by atoms with Crippen LogP contribution in [0.15, 0.2) is 0 Å². The van der Waals surface area contributed by atoms with Crippen molar-refractivity contribution in [3.05, 3.63) is 0 Å². The van der Waals surface area contributed by atoms with Crippen molar-refractivity contribution in [1.29, 1.82) is 5.26 Å². The molecule has 18 heavy (non-hydrogen) atoms. The lowest BCUT2D eigenvalue weighted by Crippen LogP contribution is -2.51. The van der Waals surface area contributed by atoms with Gasteiger partial charge in [0.15, 0.2) is 0 Å². The van der Waals surface area contributed by atoms with E-state index in [0.717, 1.165) is 51.4 Å². The predicted molar refractivity (Wildman–Crippen MR) is 72.9 cm³/mol. The highest BCUT2D eigenvalue weighted by Crippen LogP contribution is 2.53. The Balaban J connectivity index is 2.18. The fourth-order valence-electron chi connectivity index (χ4n) is 4.08. The molecule has 0 saturated heterocycles. The van der Waals surface area contributed by atoms with Gasteiger partial charge in [0, 0.05) is 0 Å². The molecule has 1 N–H and O–H groups in total. The molecule has 2 saturated carbocycles. The minimum absolute atomic E-state index is 0.452. The van der Waals surface area contributed by atoms with Crippen molar-refractivity contribution in [2.24, 2.45) is 17.3 Å². The molecule has 2 atom stereocenters. The summed E-state index contributed by atoms with van der Waals surface area (Å²) in [5, 5.41) is 20.8. The van der Waals surface area contributed by atoms with Crippen LogP contribution >= 0.6 is 0 Å². The van der Waals surface area contributed by atoms with E-state index in [-0.39, 0.29) is 0 Å². The normalized spacial score (nSPS) is 45.4. The quantitative estimate of drug-likeness (QED) is 0.802. The number of hydrogen-bond acceptors (Lipinski definition) is 2. The summed E-state index contributed by atoms with van der Waals surface area (Å²) in [5.41, 5.74) is -1.16. The largest absolute Gasteiger partial charge is 0.388 e. The van der Waals surface area contributed by atoms with E-state index in [1.807, 2.05) is 0 Å². The van der Waals surface area contributed by atoms with Crippen LogP contribution in [0.3, 0.4) is 0 Å². The maximum Gasteiger partial charge on any atom is 0.0862 e. The maximum absolute atomic E-state index is 11.1. The fraction of sp³-hybridized carbons (Fsp3) is 0.938. The molecular weight excluding hydrogens is 222 g/mol. The predicted octanol–water partition coefficient (Wildman–Crippen LogP) is 4.04. The van der Waals surface area contributed by atoms with Gasteiger partial charge in [0.25, 0.3) is 0 Å². The van der Waals surface area contributed by atoms with Crippen LogP contribution in [0.1, 0.15) is 71.6 Å². The van der Waals surface area contributed by atoms with Crippen LogP contribution < -0.4 is 0 Å². The maximum atomic E-state index is 11.1. The van der Waals surface area contributed by atoms with Crippen LogP contribution in [-0.4, -0.2) is 10.7 Å². The number of rotatable bonds is 2. The molecule has 0 heterocycles. The molecule has 2 aliphatic carbocycles. The molecule has 2 heteroatoms. The van der Waals surface area contributed by atoms with Crippen molar-refractivity contribution < 1.29 is 5.11 Å². The van der Waals surface area contributed by atoms with Gasteiger partial charge in [-0.1, -0.05) is 33.1 Å². The molecule has 0 amide bonds. The molecule has 2 fully saturated rings. The van der Waals surface area contributed by atoms with Gasteiger partial charge in [0.2, 0.25) is 0 Å². The zero-order valence-corrected chi connectivity index (χ0v) is 11.9. The SMILES string of the molecule is CCC1CCCC(C#N)(C2(O)CCC(C)CC2)C1. The van der Waals surface area contributed by atoms with Crippen LogP contribution in [0.4, 0.5) is 0 Å². The summed E-state index contributed by atoms with van der Waals surface area (Å²) in [4.78, 5) is 0. The van der Waals surface area contributed by atoms with Crippen LogP contribution in [0.25, 0.3) is 0 Å². The van der Waals surface area contributed by atoms with Gasteiger partial charge in [0.05, 0.1) is 17.1 Å². The van der Waals surface area contributed by atoms with Gasteiger partial charge in [-0.3, -0.25) is 0 Å². The van der Waals surface area contributed by atoms with E-state index in [9.17, 15) is 10.4 Å². The standard InChI is InChI=1S/C16H27NO/c1-3-14-5-4-8-15(11-14,12-17)16(18)9-6-13(2)7-10-16/h13-14,18H,3-11H2,1-2H3. The van der Waals surface area contributed by atoms with Crippen LogP contribution in [-0.2, 0) is 0 Å². The lowest BCUT2D eigenvalue weighted by molar-refractivity contribution is -0.111. The third-order valence-electron chi connectivity index (χ3n) is 5.64. The van der Waals surface area contributed by atoms with Gasteiger partial charge in [0.1, 0.15) is 0 Å². The molecule has 2 nitrogen and oxygen atoms in total. The Bertz CT molecular complexity index is 324. The van der Waals surface area contributed by atoms with E-state index in [2.05, 4.69) is 19.9 Å². The average Bonchev–Trinajstić information content (AvgIpc) is 2.42. The van der Waals surface area contributed by atoms with Crippen LogP contribution in [0, 0.1) is 28.6 Å². The van der Waals surface area contributed by atoms with Gasteiger partial charge < -0.3 is 5.11 Å². The minimum Gasteiger partial charge on any atom is -0.388 e. The molecule has 0 bridgehead atoms. The van der Waals surface area contributed by atoms with E-state index in [1.54, 1.807) is 0 Å². The van der Waals surface area contributed by atoms with E-state index in [1.165, 1.54) is 6.42 Å². The Morgan fingerprint density at radius 3 is 2.44 bits per heavy atom. The molecule has 2 rings (SSSR count). The Labute approximate surface area is 111 Å². The van der Waals surface area contributed by atoms with Crippen molar-refractivity contribution in [3.8, 4) is 6.07 Å². The number of nitriles is 1. The highest BCUT2D eigenvalue weighted by molar-refractivity contribution is 5.14. The number of aliphatic hydroxyl groups is 1. The molecule has 0 aromatic carbocycles. The second-order valence-corrected chi connectivity index (χ2v) is 6.78. The van der Waals surface area contributed by atoms with Crippen molar-refractivity contribution in [2.75, 3.05) is 0 Å². The van der Waals surface area contributed by atoms with Gasteiger partial charge in [-0.2, -0.15) is 5.26 Å². The van der Waals surface area contributed by atoms with Crippen LogP contribution in [0.2, 0.25) is 0 Å². The molecule has 0 aromatic rings. The average molecular weight is 249 g/mol. The monoisotopic (exact) mass is 249 g/mol. The molecule has 0 aromatic heterocycles. The summed E-state index contributed by atoms with van der Waals surface area (Å²) in [6.07, 6.45) is 9.16.